The first-order valence-corrected chi connectivity index (χ1v) is 10.9. The lowest BCUT2D eigenvalue weighted by Gasteiger charge is -2.35. The van der Waals surface area contributed by atoms with E-state index in [0.29, 0.717) is 6.54 Å². The van der Waals surface area contributed by atoms with Crippen LogP contribution in [0.3, 0.4) is 0 Å². The molecule has 6 rings (SSSR count). The summed E-state index contributed by atoms with van der Waals surface area (Å²) < 4.78 is 5.54. The third-order valence-corrected chi connectivity index (χ3v) is 6.33. The van der Waals surface area contributed by atoms with Crippen LogP contribution in [0.15, 0.2) is 95.6 Å². The number of benzene rings is 3. The molecule has 1 aliphatic rings. The fraction of sp³-hybridized carbons (Fsp3) is 0.107. The van der Waals surface area contributed by atoms with Crippen molar-refractivity contribution < 1.29 is 9.21 Å². The molecule has 0 radical (unpaired) electrons. The molecule has 0 saturated carbocycles. The highest BCUT2D eigenvalue weighted by Crippen LogP contribution is 2.39. The number of hydrogen-bond donors (Lipinski definition) is 1. The van der Waals surface area contributed by atoms with Gasteiger partial charge >= 0.3 is 0 Å². The van der Waals surface area contributed by atoms with Gasteiger partial charge in [0.15, 0.2) is 0 Å². The predicted molar refractivity (Wildman–Crippen MR) is 127 cm³/mol. The number of H-pyrrole nitrogens is 1. The lowest BCUT2D eigenvalue weighted by Crippen LogP contribution is -2.39. The number of nitrogens with zero attached hydrogens (tertiary/aromatic N) is 1. The van der Waals surface area contributed by atoms with E-state index in [-0.39, 0.29) is 11.9 Å². The van der Waals surface area contributed by atoms with Crippen molar-refractivity contribution >= 4 is 33.9 Å². The van der Waals surface area contributed by atoms with Crippen LogP contribution in [0.25, 0.3) is 27.9 Å². The Hall–Kier alpha value is -4.05. The van der Waals surface area contributed by atoms with Crippen molar-refractivity contribution in [2.45, 2.75) is 12.5 Å². The second-order valence-corrected chi connectivity index (χ2v) is 8.21. The minimum Gasteiger partial charge on any atom is -0.464 e. The molecule has 0 fully saturated rings. The largest absolute Gasteiger partial charge is 0.464 e. The summed E-state index contributed by atoms with van der Waals surface area (Å²) in [6.45, 7) is 0.668. The molecular weight excluding hydrogens is 396 g/mol. The van der Waals surface area contributed by atoms with Crippen LogP contribution in [-0.2, 0) is 11.2 Å². The van der Waals surface area contributed by atoms with E-state index < -0.39 is 0 Å². The average Bonchev–Trinajstić information content (AvgIpc) is 3.46. The lowest BCUT2D eigenvalue weighted by atomic mass is 9.91. The van der Waals surface area contributed by atoms with Gasteiger partial charge in [0.2, 0.25) is 5.91 Å². The molecule has 0 saturated heterocycles. The zero-order valence-corrected chi connectivity index (χ0v) is 17.5. The minimum absolute atomic E-state index is 0.00968. The molecule has 5 aromatic rings. The summed E-state index contributed by atoms with van der Waals surface area (Å²) in [7, 11) is 0. The fourth-order valence-electron chi connectivity index (χ4n) is 4.81. The van der Waals surface area contributed by atoms with E-state index in [0.717, 1.165) is 39.7 Å². The van der Waals surface area contributed by atoms with Crippen LogP contribution in [0.4, 0.5) is 0 Å². The summed E-state index contributed by atoms with van der Waals surface area (Å²) in [6.07, 6.45) is 6.11. The van der Waals surface area contributed by atoms with Crippen molar-refractivity contribution in [1.29, 1.82) is 0 Å². The topological polar surface area (TPSA) is 49.2 Å². The number of fused-ring (bicyclic) bond motifs is 4. The van der Waals surface area contributed by atoms with Gasteiger partial charge < -0.3 is 14.3 Å². The number of rotatable bonds is 3. The highest BCUT2D eigenvalue weighted by atomic mass is 16.3. The summed E-state index contributed by atoms with van der Waals surface area (Å²) >= 11 is 0. The number of amides is 1. The van der Waals surface area contributed by atoms with Gasteiger partial charge in [-0.15, -0.1) is 0 Å². The first kappa shape index (κ1) is 18.7. The summed E-state index contributed by atoms with van der Waals surface area (Å²) in [5.74, 6) is 0.00968. The molecule has 3 heterocycles. The zero-order valence-electron chi connectivity index (χ0n) is 17.5. The van der Waals surface area contributed by atoms with Gasteiger partial charge in [-0.3, -0.25) is 4.79 Å². The van der Waals surface area contributed by atoms with Gasteiger partial charge in [-0.1, -0.05) is 54.6 Å². The van der Waals surface area contributed by atoms with Crippen molar-refractivity contribution in [1.82, 2.24) is 9.88 Å². The number of furan rings is 1. The molecule has 4 heteroatoms. The molecule has 0 aliphatic carbocycles. The number of para-hydroxylation sites is 1. The normalized spacial score (nSPS) is 16.1. The number of aromatic amines is 1. The smallest absolute Gasteiger partial charge is 0.247 e. The van der Waals surface area contributed by atoms with Gasteiger partial charge in [-0.25, -0.2) is 0 Å². The first-order valence-electron chi connectivity index (χ1n) is 10.9. The highest BCUT2D eigenvalue weighted by molar-refractivity contribution is 5.93. The Morgan fingerprint density at radius 3 is 2.75 bits per heavy atom. The molecule has 0 spiro atoms. The number of carbonyl (C=O) groups excluding carboxylic acids is 1. The summed E-state index contributed by atoms with van der Waals surface area (Å²) in [5, 5.41) is 2.28. The van der Waals surface area contributed by atoms with Gasteiger partial charge in [0, 0.05) is 34.6 Å². The van der Waals surface area contributed by atoms with Gasteiger partial charge in [0.1, 0.15) is 5.58 Å². The Morgan fingerprint density at radius 2 is 1.84 bits per heavy atom. The molecule has 3 aromatic carbocycles. The van der Waals surface area contributed by atoms with Gasteiger partial charge in [0.25, 0.3) is 0 Å². The van der Waals surface area contributed by atoms with Crippen LogP contribution in [0, 0.1) is 0 Å². The number of aromatic nitrogens is 1. The maximum atomic E-state index is 13.4. The van der Waals surface area contributed by atoms with Crippen LogP contribution in [0.1, 0.15) is 28.4 Å². The van der Waals surface area contributed by atoms with E-state index in [4.69, 9.17) is 4.42 Å². The Morgan fingerprint density at radius 1 is 1.00 bits per heavy atom. The SMILES string of the molecule is O=C(C=Cc1ccccc1)N1CCc2c([nH]c3ccccc23)C1c1ccc2occc2c1. The summed E-state index contributed by atoms with van der Waals surface area (Å²) in [5.41, 5.74) is 6.45. The van der Waals surface area contributed by atoms with E-state index in [9.17, 15) is 4.79 Å². The number of nitrogens with one attached hydrogen (secondary N) is 1. The van der Waals surface area contributed by atoms with Crippen LogP contribution < -0.4 is 0 Å². The van der Waals surface area contributed by atoms with Gasteiger partial charge in [-0.2, -0.15) is 0 Å². The Bertz CT molecular complexity index is 1460. The Labute approximate surface area is 185 Å². The van der Waals surface area contributed by atoms with Crippen molar-refractivity contribution in [3.63, 3.8) is 0 Å². The highest BCUT2D eigenvalue weighted by Gasteiger charge is 2.33. The lowest BCUT2D eigenvalue weighted by molar-refractivity contribution is -0.128. The first-order chi connectivity index (χ1) is 15.8. The van der Waals surface area contributed by atoms with E-state index in [1.165, 1.54) is 10.9 Å². The standard InChI is InChI=1S/C28H22N2O2/c31-26(13-10-19-6-2-1-3-7-19)30-16-14-23-22-8-4-5-9-24(22)29-27(23)28(30)21-11-12-25-20(18-21)15-17-32-25/h1-13,15,17-18,28-29H,14,16H2. The molecule has 32 heavy (non-hydrogen) atoms. The fourth-order valence-corrected chi connectivity index (χ4v) is 4.81. The van der Waals surface area contributed by atoms with Gasteiger partial charge in [-0.05, 0) is 53.5 Å². The second-order valence-electron chi connectivity index (χ2n) is 8.21. The predicted octanol–water partition coefficient (Wildman–Crippen LogP) is 6.10. The van der Waals surface area contributed by atoms with E-state index in [2.05, 4.69) is 35.3 Å². The molecule has 1 amide bonds. The molecular formula is C28H22N2O2. The molecule has 1 aliphatic heterocycles. The maximum Gasteiger partial charge on any atom is 0.247 e. The molecule has 156 valence electrons. The molecule has 2 aromatic heterocycles. The molecule has 1 atom stereocenters. The molecule has 0 bridgehead atoms. The van der Waals surface area contributed by atoms with Crippen LogP contribution in [0.2, 0.25) is 0 Å². The van der Waals surface area contributed by atoms with E-state index in [1.807, 2.05) is 59.5 Å². The van der Waals surface area contributed by atoms with Crippen molar-refractivity contribution in [2.24, 2.45) is 0 Å². The van der Waals surface area contributed by atoms with Crippen LogP contribution >= 0.6 is 0 Å². The van der Waals surface area contributed by atoms with Crippen molar-refractivity contribution in [3.8, 4) is 0 Å². The van der Waals surface area contributed by atoms with Crippen molar-refractivity contribution in [3.05, 3.63) is 114 Å². The average molecular weight is 418 g/mol. The maximum absolute atomic E-state index is 13.4. The van der Waals surface area contributed by atoms with Crippen LogP contribution in [-0.4, -0.2) is 22.3 Å². The third-order valence-electron chi connectivity index (χ3n) is 6.33. The second kappa shape index (κ2) is 7.57. The summed E-state index contributed by atoms with van der Waals surface area (Å²) in [4.78, 5) is 19.0. The van der Waals surface area contributed by atoms with Crippen molar-refractivity contribution in [2.75, 3.05) is 6.54 Å². The van der Waals surface area contributed by atoms with E-state index >= 15 is 0 Å². The Kier molecular flexibility index (Phi) is 4.43. The molecule has 1 unspecified atom stereocenters. The Balaban J connectivity index is 1.46. The minimum atomic E-state index is -0.182. The third kappa shape index (κ3) is 3.12. The van der Waals surface area contributed by atoms with Crippen LogP contribution in [0.5, 0.6) is 0 Å². The number of hydrogen-bond acceptors (Lipinski definition) is 2. The molecule has 1 N–H and O–H groups in total. The monoisotopic (exact) mass is 418 g/mol. The molecule has 4 nitrogen and oxygen atoms in total. The van der Waals surface area contributed by atoms with E-state index in [1.54, 1.807) is 12.3 Å². The quantitative estimate of drug-likeness (QED) is 0.360. The summed E-state index contributed by atoms with van der Waals surface area (Å²) in [6, 6.07) is 26.3. The van der Waals surface area contributed by atoms with Gasteiger partial charge in [0.05, 0.1) is 12.3 Å². The zero-order chi connectivity index (χ0) is 21.5. The number of carbonyl (C=O) groups is 1.